The molecule has 1 saturated heterocycles. The van der Waals surface area contributed by atoms with Gasteiger partial charge in [-0.2, -0.15) is 5.10 Å². The molecule has 0 bridgehead atoms. The number of pyridine rings is 1. The van der Waals surface area contributed by atoms with Gasteiger partial charge >= 0.3 is 0 Å². The molecule has 1 aliphatic heterocycles. The summed E-state index contributed by atoms with van der Waals surface area (Å²) in [7, 11) is 0. The number of nitrogens with zero attached hydrogens (tertiary/aromatic N) is 3. The van der Waals surface area contributed by atoms with Gasteiger partial charge in [0, 0.05) is 30.4 Å². The molecule has 1 N–H and O–H groups in total. The third-order valence-corrected chi connectivity index (χ3v) is 4.93. The number of aromatic nitrogens is 3. The molecule has 7 heteroatoms. The Kier molecular flexibility index (Phi) is 4.19. The van der Waals surface area contributed by atoms with Crippen molar-refractivity contribution in [1.82, 2.24) is 20.1 Å². The number of morpholine rings is 1. The van der Waals surface area contributed by atoms with Crippen LogP contribution in [0.5, 0.6) is 0 Å². The third kappa shape index (κ3) is 2.89. The number of ether oxygens (including phenoxy) is 1. The first-order valence-corrected chi connectivity index (χ1v) is 8.77. The van der Waals surface area contributed by atoms with Gasteiger partial charge in [0.1, 0.15) is 3.70 Å². The summed E-state index contributed by atoms with van der Waals surface area (Å²) in [5.41, 5.74) is 3.33. The molecule has 0 atom stereocenters. The monoisotopic (exact) mass is 434 g/mol. The quantitative estimate of drug-likeness (QED) is 0.630. The Morgan fingerprint density at radius 1 is 1.21 bits per heavy atom. The standard InChI is InChI=1S/C17H15IN4O2/c18-15-14-9-13(10-19-16(14)21-20-15)11-2-1-3-12(8-11)17(23)22-4-6-24-7-5-22/h1-3,8-10H,4-7H2,(H,19,20,21). The normalized spacial score (nSPS) is 15.0. The van der Waals surface area contributed by atoms with Gasteiger partial charge in [-0.05, 0) is 46.4 Å². The van der Waals surface area contributed by atoms with Crippen LogP contribution in [0.2, 0.25) is 0 Å². The van der Waals surface area contributed by atoms with E-state index in [1.807, 2.05) is 35.2 Å². The lowest BCUT2D eigenvalue weighted by atomic mass is 10.0. The fraction of sp³-hybridized carbons (Fsp3) is 0.235. The number of H-pyrrole nitrogens is 1. The van der Waals surface area contributed by atoms with E-state index in [4.69, 9.17) is 4.74 Å². The number of aromatic amines is 1. The summed E-state index contributed by atoms with van der Waals surface area (Å²) >= 11 is 2.21. The van der Waals surface area contributed by atoms with Crippen LogP contribution in [0.1, 0.15) is 10.4 Å². The number of hydrogen-bond acceptors (Lipinski definition) is 4. The lowest BCUT2D eigenvalue weighted by Gasteiger charge is -2.27. The molecule has 1 fully saturated rings. The molecule has 1 aromatic carbocycles. The highest BCUT2D eigenvalue weighted by Crippen LogP contribution is 2.25. The van der Waals surface area contributed by atoms with Crippen molar-refractivity contribution in [2.45, 2.75) is 0 Å². The molecule has 1 amide bonds. The number of rotatable bonds is 2. The highest BCUT2D eigenvalue weighted by atomic mass is 127. The average Bonchev–Trinajstić information content (AvgIpc) is 3.02. The van der Waals surface area contributed by atoms with Gasteiger partial charge in [-0.1, -0.05) is 12.1 Å². The van der Waals surface area contributed by atoms with Crippen molar-refractivity contribution < 1.29 is 9.53 Å². The summed E-state index contributed by atoms with van der Waals surface area (Å²) in [5, 5.41) is 8.06. The molecule has 2 aromatic heterocycles. The Morgan fingerprint density at radius 3 is 2.88 bits per heavy atom. The summed E-state index contributed by atoms with van der Waals surface area (Å²) in [6.07, 6.45) is 1.79. The summed E-state index contributed by atoms with van der Waals surface area (Å²) < 4.78 is 6.27. The SMILES string of the molecule is O=C(c1cccc(-c2cnc3n[nH]c(I)c3c2)c1)N1CCOCC1. The number of fused-ring (bicyclic) bond motifs is 1. The minimum Gasteiger partial charge on any atom is -0.378 e. The van der Waals surface area contributed by atoms with Gasteiger partial charge in [-0.3, -0.25) is 9.89 Å². The van der Waals surface area contributed by atoms with Crippen molar-refractivity contribution >= 4 is 39.5 Å². The van der Waals surface area contributed by atoms with E-state index < -0.39 is 0 Å². The lowest BCUT2D eigenvalue weighted by molar-refractivity contribution is 0.0303. The molecular formula is C17H15IN4O2. The maximum Gasteiger partial charge on any atom is 0.254 e. The molecule has 122 valence electrons. The van der Waals surface area contributed by atoms with E-state index in [1.165, 1.54) is 0 Å². The van der Waals surface area contributed by atoms with E-state index in [2.05, 4.69) is 37.8 Å². The number of benzene rings is 1. The third-order valence-electron chi connectivity index (χ3n) is 4.10. The minimum atomic E-state index is 0.0482. The molecule has 3 heterocycles. The Balaban J connectivity index is 1.68. The van der Waals surface area contributed by atoms with Gasteiger partial charge in [0.15, 0.2) is 5.65 Å². The number of nitrogens with one attached hydrogen (secondary N) is 1. The van der Waals surface area contributed by atoms with E-state index in [9.17, 15) is 4.79 Å². The fourth-order valence-electron chi connectivity index (χ4n) is 2.81. The zero-order chi connectivity index (χ0) is 16.5. The van der Waals surface area contributed by atoms with Gasteiger partial charge in [0.05, 0.1) is 18.6 Å². The molecule has 6 nitrogen and oxygen atoms in total. The van der Waals surface area contributed by atoms with Crippen molar-refractivity contribution in [3.05, 3.63) is 45.8 Å². The molecule has 4 rings (SSSR count). The van der Waals surface area contributed by atoms with E-state index in [1.54, 1.807) is 6.20 Å². The van der Waals surface area contributed by atoms with Crippen LogP contribution >= 0.6 is 22.6 Å². The number of amides is 1. The summed E-state index contributed by atoms with van der Waals surface area (Å²) in [6.45, 7) is 2.49. The average molecular weight is 434 g/mol. The second-order valence-corrected chi connectivity index (χ2v) is 6.70. The molecule has 0 unspecified atom stereocenters. The molecule has 3 aromatic rings. The highest BCUT2D eigenvalue weighted by molar-refractivity contribution is 14.1. The van der Waals surface area contributed by atoms with Crippen LogP contribution in [0.15, 0.2) is 36.5 Å². The van der Waals surface area contributed by atoms with Gasteiger partial charge in [-0.25, -0.2) is 4.98 Å². The van der Waals surface area contributed by atoms with Crippen molar-refractivity contribution in [2.24, 2.45) is 0 Å². The largest absolute Gasteiger partial charge is 0.378 e. The summed E-state index contributed by atoms with van der Waals surface area (Å²) in [5.74, 6) is 0.0482. The lowest BCUT2D eigenvalue weighted by Crippen LogP contribution is -2.40. The van der Waals surface area contributed by atoms with Gasteiger partial charge in [0.25, 0.3) is 5.91 Å². The topological polar surface area (TPSA) is 71.1 Å². The Bertz CT molecular complexity index is 902. The molecule has 0 aliphatic carbocycles. The maximum absolute atomic E-state index is 12.6. The first kappa shape index (κ1) is 15.5. The highest BCUT2D eigenvalue weighted by Gasteiger charge is 2.19. The van der Waals surface area contributed by atoms with E-state index in [0.717, 1.165) is 20.2 Å². The van der Waals surface area contributed by atoms with Crippen LogP contribution in [-0.2, 0) is 4.74 Å². The van der Waals surface area contributed by atoms with Crippen molar-refractivity contribution in [2.75, 3.05) is 26.3 Å². The first-order chi connectivity index (χ1) is 11.7. The van der Waals surface area contributed by atoms with E-state index >= 15 is 0 Å². The second kappa shape index (κ2) is 6.48. The number of hydrogen-bond donors (Lipinski definition) is 1. The molecule has 0 spiro atoms. The Morgan fingerprint density at radius 2 is 2.04 bits per heavy atom. The molecule has 0 radical (unpaired) electrons. The van der Waals surface area contributed by atoms with Crippen LogP contribution in [0.4, 0.5) is 0 Å². The number of carbonyl (C=O) groups excluding carboxylic acids is 1. The Hall–Kier alpha value is -2.00. The molecule has 24 heavy (non-hydrogen) atoms. The zero-order valence-corrected chi connectivity index (χ0v) is 15.0. The van der Waals surface area contributed by atoms with Crippen molar-refractivity contribution in [3.63, 3.8) is 0 Å². The van der Waals surface area contributed by atoms with Gasteiger partial charge < -0.3 is 9.64 Å². The predicted molar refractivity (Wildman–Crippen MR) is 98.8 cm³/mol. The fourth-order valence-corrected chi connectivity index (χ4v) is 3.33. The van der Waals surface area contributed by atoms with E-state index in [0.29, 0.717) is 37.5 Å². The second-order valence-electron chi connectivity index (χ2n) is 5.62. The van der Waals surface area contributed by atoms with Crippen LogP contribution in [-0.4, -0.2) is 52.3 Å². The maximum atomic E-state index is 12.6. The molecule has 1 aliphatic rings. The zero-order valence-electron chi connectivity index (χ0n) is 12.8. The van der Waals surface area contributed by atoms with Crippen LogP contribution in [0.25, 0.3) is 22.2 Å². The molecular weight excluding hydrogens is 419 g/mol. The van der Waals surface area contributed by atoms with E-state index in [-0.39, 0.29) is 5.91 Å². The Labute approximate surface area is 152 Å². The van der Waals surface area contributed by atoms with Gasteiger partial charge in [0.2, 0.25) is 0 Å². The van der Waals surface area contributed by atoms with Crippen LogP contribution in [0.3, 0.4) is 0 Å². The van der Waals surface area contributed by atoms with Crippen molar-refractivity contribution in [3.8, 4) is 11.1 Å². The van der Waals surface area contributed by atoms with Crippen LogP contribution < -0.4 is 0 Å². The molecule has 0 saturated carbocycles. The summed E-state index contributed by atoms with van der Waals surface area (Å²) in [6, 6.07) is 9.73. The van der Waals surface area contributed by atoms with Gasteiger partial charge in [-0.15, -0.1) is 0 Å². The summed E-state index contributed by atoms with van der Waals surface area (Å²) in [4.78, 5) is 18.9. The van der Waals surface area contributed by atoms with Crippen molar-refractivity contribution in [1.29, 1.82) is 0 Å². The minimum absolute atomic E-state index is 0.0482. The predicted octanol–water partition coefficient (Wildman–Crippen LogP) is 2.70. The first-order valence-electron chi connectivity index (χ1n) is 7.69. The number of carbonyl (C=O) groups is 1. The number of halogens is 1. The van der Waals surface area contributed by atoms with Crippen LogP contribution in [0, 0.1) is 3.70 Å². The smallest absolute Gasteiger partial charge is 0.254 e.